The van der Waals surface area contributed by atoms with Crippen LogP contribution in [0.15, 0.2) is 24.3 Å². The molecule has 1 aliphatic rings. The molecule has 1 saturated heterocycles. The minimum atomic E-state index is -0.217. The highest BCUT2D eigenvalue weighted by molar-refractivity contribution is 5.81. The second kappa shape index (κ2) is 5.40. The Labute approximate surface area is 107 Å². The first-order chi connectivity index (χ1) is 8.67. The third kappa shape index (κ3) is 2.34. The zero-order chi connectivity index (χ0) is 13.1. The van der Waals surface area contributed by atoms with Crippen molar-refractivity contribution >= 4 is 5.91 Å². The topological polar surface area (TPSA) is 49.8 Å². The van der Waals surface area contributed by atoms with Gasteiger partial charge in [0.2, 0.25) is 5.91 Å². The number of rotatable bonds is 4. The molecule has 0 radical (unpaired) electrons. The molecule has 0 saturated carbocycles. The summed E-state index contributed by atoms with van der Waals surface area (Å²) >= 11 is 0. The number of likely N-dealkylation sites (tertiary alicyclic amines) is 1. The summed E-state index contributed by atoms with van der Waals surface area (Å²) in [6.07, 6.45) is 0.746. The number of benzene rings is 1. The van der Waals surface area contributed by atoms with Crippen molar-refractivity contribution in [1.29, 1.82) is 0 Å². The van der Waals surface area contributed by atoms with Crippen LogP contribution in [0.4, 0.5) is 0 Å². The fourth-order valence-corrected chi connectivity index (χ4v) is 2.38. The van der Waals surface area contributed by atoms with Gasteiger partial charge >= 0.3 is 0 Å². The van der Waals surface area contributed by atoms with Crippen molar-refractivity contribution in [1.82, 2.24) is 4.90 Å². The van der Waals surface area contributed by atoms with Gasteiger partial charge in [-0.3, -0.25) is 4.79 Å². The summed E-state index contributed by atoms with van der Waals surface area (Å²) in [6.45, 7) is 2.68. The average molecular weight is 249 g/mol. The van der Waals surface area contributed by atoms with Crippen LogP contribution in [0.3, 0.4) is 0 Å². The summed E-state index contributed by atoms with van der Waals surface area (Å²) in [4.78, 5) is 13.9. The highest BCUT2D eigenvalue weighted by atomic mass is 16.5. The SMILES string of the molecule is COc1ccc(C(C)N2CC[C@@H](CO)C2=O)cc1. The summed E-state index contributed by atoms with van der Waals surface area (Å²) in [5, 5.41) is 9.11. The number of hydrogen-bond acceptors (Lipinski definition) is 3. The number of ether oxygens (including phenoxy) is 1. The molecule has 1 fully saturated rings. The molecule has 0 bridgehead atoms. The second-order valence-electron chi connectivity index (χ2n) is 4.65. The van der Waals surface area contributed by atoms with Crippen LogP contribution in [-0.2, 0) is 4.79 Å². The van der Waals surface area contributed by atoms with Crippen LogP contribution < -0.4 is 4.74 Å². The zero-order valence-corrected chi connectivity index (χ0v) is 10.8. The van der Waals surface area contributed by atoms with Crippen molar-refractivity contribution in [2.45, 2.75) is 19.4 Å². The van der Waals surface area contributed by atoms with Crippen molar-refractivity contribution in [3.8, 4) is 5.75 Å². The number of methoxy groups -OCH3 is 1. The Hall–Kier alpha value is -1.55. The van der Waals surface area contributed by atoms with Gasteiger partial charge in [0.25, 0.3) is 0 Å². The first kappa shape index (κ1) is 12.9. The van der Waals surface area contributed by atoms with E-state index in [9.17, 15) is 4.79 Å². The van der Waals surface area contributed by atoms with Crippen molar-refractivity contribution in [2.24, 2.45) is 5.92 Å². The molecule has 0 aromatic heterocycles. The van der Waals surface area contributed by atoms with Crippen LogP contribution in [0.5, 0.6) is 5.75 Å². The Bertz CT molecular complexity index is 416. The molecule has 1 amide bonds. The molecule has 1 aromatic carbocycles. The molecular formula is C14H19NO3. The van der Waals surface area contributed by atoms with E-state index in [1.807, 2.05) is 36.1 Å². The van der Waals surface area contributed by atoms with Gasteiger partial charge in [-0.15, -0.1) is 0 Å². The molecular weight excluding hydrogens is 230 g/mol. The number of amides is 1. The molecule has 1 N–H and O–H groups in total. The van der Waals surface area contributed by atoms with Crippen LogP contribution >= 0.6 is 0 Å². The van der Waals surface area contributed by atoms with E-state index in [1.165, 1.54) is 0 Å². The molecule has 18 heavy (non-hydrogen) atoms. The summed E-state index contributed by atoms with van der Waals surface area (Å²) in [5.41, 5.74) is 1.09. The maximum atomic E-state index is 12.0. The van der Waals surface area contributed by atoms with Crippen molar-refractivity contribution < 1.29 is 14.6 Å². The number of carbonyl (C=O) groups is 1. The molecule has 4 heteroatoms. The van der Waals surface area contributed by atoms with E-state index in [2.05, 4.69) is 0 Å². The number of carbonyl (C=O) groups excluding carboxylic acids is 1. The monoisotopic (exact) mass is 249 g/mol. The minimum absolute atomic E-state index is 0.0416. The highest BCUT2D eigenvalue weighted by Crippen LogP contribution is 2.29. The van der Waals surface area contributed by atoms with E-state index in [1.54, 1.807) is 7.11 Å². The largest absolute Gasteiger partial charge is 0.497 e. The molecule has 1 aromatic rings. The molecule has 4 nitrogen and oxygen atoms in total. The lowest BCUT2D eigenvalue weighted by molar-refractivity contribution is -0.133. The van der Waals surface area contributed by atoms with Gasteiger partial charge in [0.1, 0.15) is 5.75 Å². The van der Waals surface area contributed by atoms with Crippen molar-refractivity contribution in [2.75, 3.05) is 20.3 Å². The standard InChI is InChI=1S/C14H19NO3/c1-10(11-3-5-13(18-2)6-4-11)15-8-7-12(9-16)14(15)17/h3-6,10,12,16H,7-9H2,1-2H3/t10?,12-/m0/s1. The highest BCUT2D eigenvalue weighted by Gasteiger charge is 2.34. The molecule has 2 rings (SSSR count). The van der Waals surface area contributed by atoms with Crippen LogP contribution in [0.1, 0.15) is 24.9 Å². The van der Waals surface area contributed by atoms with Crippen LogP contribution in [0, 0.1) is 5.92 Å². The first-order valence-corrected chi connectivity index (χ1v) is 6.22. The third-order valence-electron chi connectivity index (χ3n) is 3.64. The molecule has 1 aliphatic heterocycles. The smallest absolute Gasteiger partial charge is 0.228 e. The predicted octanol–water partition coefficient (Wildman–Crippen LogP) is 1.60. The molecule has 98 valence electrons. The van der Waals surface area contributed by atoms with E-state index in [-0.39, 0.29) is 24.5 Å². The first-order valence-electron chi connectivity index (χ1n) is 6.22. The van der Waals surface area contributed by atoms with E-state index in [0.29, 0.717) is 0 Å². The quantitative estimate of drug-likeness (QED) is 0.881. The van der Waals surface area contributed by atoms with Gasteiger partial charge in [-0.2, -0.15) is 0 Å². The predicted molar refractivity (Wildman–Crippen MR) is 68.3 cm³/mol. The van der Waals surface area contributed by atoms with E-state index in [0.717, 1.165) is 24.3 Å². The van der Waals surface area contributed by atoms with Gasteiger partial charge in [0.15, 0.2) is 0 Å². The minimum Gasteiger partial charge on any atom is -0.497 e. The van der Waals surface area contributed by atoms with Gasteiger partial charge in [-0.25, -0.2) is 0 Å². The van der Waals surface area contributed by atoms with Gasteiger partial charge in [-0.1, -0.05) is 12.1 Å². The lowest BCUT2D eigenvalue weighted by Crippen LogP contribution is -2.31. The lowest BCUT2D eigenvalue weighted by Gasteiger charge is -2.25. The van der Waals surface area contributed by atoms with Crippen LogP contribution in [0.25, 0.3) is 0 Å². The van der Waals surface area contributed by atoms with Gasteiger partial charge in [0, 0.05) is 6.54 Å². The maximum Gasteiger partial charge on any atom is 0.228 e. The Kier molecular flexibility index (Phi) is 3.87. The summed E-state index contributed by atoms with van der Waals surface area (Å²) in [7, 11) is 1.63. The number of nitrogens with zero attached hydrogens (tertiary/aromatic N) is 1. The van der Waals surface area contributed by atoms with Gasteiger partial charge in [0.05, 0.1) is 25.7 Å². The number of aliphatic hydroxyl groups is 1. The van der Waals surface area contributed by atoms with Gasteiger partial charge < -0.3 is 14.7 Å². The van der Waals surface area contributed by atoms with Crippen molar-refractivity contribution in [3.63, 3.8) is 0 Å². The molecule has 2 atom stereocenters. The average Bonchev–Trinajstić information content (AvgIpc) is 2.79. The fraction of sp³-hybridized carbons (Fsp3) is 0.500. The summed E-state index contributed by atoms with van der Waals surface area (Å²) in [5.74, 6) is 0.651. The second-order valence-corrected chi connectivity index (χ2v) is 4.65. The molecule has 1 heterocycles. The molecule has 1 unspecified atom stereocenters. The van der Waals surface area contributed by atoms with Gasteiger partial charge in [-0.05, 0) is 31.0 Å². The maximum absolute atomic E-state index is 12.0. The van der Waals surface area contributed by atoms with E-state index < -0.39 is 0 Å². The third-order valence-corrected chi connectivity index (χ3v) is 3.64. The summed E-state index contributed by atoms with van der Waals surface area (Å²) < 4.78 is 5.12. The van der Waals surface area contributed by atoms with E-state index in [4.69, 9.17) is 9.84 Å². The van der Waals surface area contributed by atoms with Crippen LogP contribution in [0.2, 0.25) is 0 Å². The number of hydrogen-bond donors (Lipinski definition) is 1. The number of aliphatic hydroxyl groups excluding tert-OH is 1. The van der Waals surface area contributed by atoms with Crippen LogP contribution in [-0.4, -0.2) is 36.2 Å². The Morgan fingerprint density at radius 3 is 2.61 bits per heavy atom. The Morgan fingerprint density at radius 2 is 2.11 bits per heavy atom. The summed E-state index contributed by atoms with van der Waals surface area (Å²) in [6, 6.07) is 7.79. The van der Waals surface area contributed by atoms with Crippen molar-refractivity contribution in [3.05, 3.63) is 29.8 Å². The Morgan fingerprint density at radius 1 is 1.44 bits per heavy atom. The Balaban J connectivity index is 2.11. The van der Waals surface area contributed by atoms with E-state index >= 15 is 0 Å². The molecule has 0 aliphatic carbocycles. The normalized spacial score (nSPS) is 21.2. The lowest BCUT2D eigenvalue weighted by atomic mass is 10.1. The molecule has 0 spiro atoms. The zero-order valence-electron chi connectivity index (χ0n) is 10.8. The fourth-order valence-electron chi connectivity index (χ4n) is 2.38.